The standard InChI is InChI=1S/C30H30N2O8.ClH/c1-16-10-20(11-17(2)27(16)34)29(36)32-22-14-31-9-3-4-24(22)40-30(37)19-7-5-18(6-8-19)28(35)21-12-25-26(13-23(21)33)39-15-38-25;/h5-8,10-13,22,24,31,33-34H,3-4,9,14-15H2,1-2H3,(H,32,36);1H/t22-,24-;/m1./s1. The number of carbonyl (C=O) groups is 3. The number of carbonyl (C=O) groups excluding carboxylic acids is 3. The number of benzene rings is 3. The monoisotopic (exact) mass is 582 g/mol. The molecule has 0 unspecified atom stereocenters. The molecule has 0 saturated carbocycles. The van der Waals surface area contributed by atoms with Crippen molar-refractivity contribution in [3.05, 3.63) is 81.9 Å². The second-order valence-corrected chi connectivity index (χ2v) is 9.96. The normalized spacial score (nSPS) is 17.6. The van der Waals surface area contributed by atoms with Gasteiger partial charge < -0.3 is 35.1 Å². The van der Waals surface area contributed by atoms with Crippen LogP contribution in [0.1, 0.15) is 60.6 Å². The van der Waals surface area contributed by atoms with E-state index < -0.39 is 23.9 Å². The van der Waals surface area contributed by atoms with Gasteiger partial charge in [-0.25, -0.2) is 4.79 Å². The van der Waals surface area contributed by atoms with Crippen molar-refractivity contribution in [1.82, 2.24) is 10.6 Å². The number of halogens is 1. The van der Waals surface area contributed by atoms with Crippen LogP contribution in [0.25, 0.3) is 0 Å². The molecular weight excluding hydrogens is 552 g/mol. The molecule has 4 N–H and O–H groups in total. The fraction of sp³-hybridized carbons (Fsp3) is 0.300. The van der Waals surface area contributed by atoms with Crippen molar-refractivity contribution >= 4 is 30.1 Å². The molecule has 3 aromatic carbocycles. The van der Waals surface area contributed by atoms with E-state index in [-0.39, 0.29) is 53.3 Å². The van der Waals surface area contributed by atoms with Crippen LogP contribution in [0.2, 0.25) is 0 Å². The predicted molar refractivity (Wildman–Crippen MR) is 151 cm³/mol. The largest absolute Gasteiger partial charge is 0.507 e. The Balaban J connectivity index is 0.00000387. The molecule has 41 heavy (non-hydrogen) atoms. The first-order valence-electron chi connectivity index (χ1n) is 13.0. The minimum atomic E-state index is -0.576. The number of aryl methyl sites for hydroxylation is 2. The second-order valence-electron chi connectivity index (χ2n) is 9.96. The third-order valence-electron chi connectivity index (χ3n) is 7.10. The maximum absolute atomic E-state index is 13.0. The van der Waals surface area contributed by atoms with E-state index in [2.05, 4.69) is 10.6 Å². The van der Waals surface area contributed by atoms with E-state index >= 15 is 0 Å². The summed E-state index contributed by atoms with van der Waals surface area (Å²) >= 11 is 0. The molecule has 1 fully saturated rings. The zero-order chi connectivity index (χ0) is 28.4. The molecule has 5 rings (SSSR count). The molecular formula is C30H31ClN2O8. The van der Waals surface area contributed by atoms with Crippen LogP contribution in [0.3, 0.4) is 0 Å². The van der Waals surface area contributed by atoms with Gasteiger partial charge in [0.25, 0.3) is 5.91 Å². The first-order valence-corrected chi connectivity index (χ1v) is 13.0. The van der Waals surface area contributed by atoms with E-state index in [1.165, 1.54) is 36.4 Å². The molecule has 2 heterocycles. The average Bonchev–Trinajstić information content (AvgIpc) is 3.29. The highest BCUT2D eigenvalue weighted by atomic mass is 35.5. The second kappa shape index (κ2) is 12.5. The quantitative estimate of drug-likeness (QED) is 0.252. The van der Waals surface area contributed by atoms with E-state index in [0.29, 0.717) is 41.2 Å². The third kappa shape index (κ3) is 6.39. The first-order chi connectivity index (χ1) is 19.2. The Kier molecular flexibility index (Phi) is 9.05. The summed E-state index contributed by atoms with van der Waals surface area (Å²) < 4.78 is 16.4. The van der Waals surface area contributed by atoms with Gasteiger partial charge in [-0.3, -0.25) is 9.59 Å². The highest BCUT2D eigenvalue weighted by Gasteiger charge is 2.30. The molecule has 11 heteroatoms. The van der Waals surface area contributed by atoms with Crippen LogP contribution in [-0.4, -0.2) is 59.9 Å². The molecule has 2 aliphatic rings. The molecule has 0 aliphatic carbocycles. The van der Waals surface area contributed by atoms with Crippen molar-refractivity contribution in [3.63, 3.8) is 0 Å². The zero-order valence-electron chi connectivity index (χ0n) is 22.6. The van der Waals surface area contributed by atoms with Crippen LogP contribution in [-0.2, 0) is 4.74 Å². The average molecular weight is 583 g/mol. The van der Waals surface area contributed by atoms with Crippen LogP contribution >= 0.6 is 12.4 Å². The van der Waals surface area contributed by atoms with Gasteiger partial charge in [-0.05, 0) is 74.7 Å². The van der Waals surface area contributed by atoms with Gasteiger partial charge in [0.2, 0.25) is 6.79 Å². The Labute approximate surface area is 243 Å². The van der Waals surface area contributed by atoms with Gasteiger partial charge >= 0.3 is 5.97 Å². The number of ether oxygens (including phenoxy) is 3. The van der Waals surface area contributed by atoms with Crippen LogP contribution in [0.15, 0.2) is 48.5 Å². The lowest BCUT2D eigenvalue weighted by molar-refractivity contribution is 0.0192. The molecule has 10 nitrogen and oxygen atoms in total. The highest BCUT2D eigenvalue weighted by molar-refractivity contribution is 6.11. The number of fused-ring (bicyclic) bond motifs is 1. The Hall–Kier alpha value is -4.28. The predicted octanol–water partition coefficient (Wildman–Crippen LogP) is 3.80. The Bertz CT molecular complexity index is 1450. The number of aromatic hydroxyl groups is 2. The molecule has 1 saturated heterocycles. The van der Waals surface area contributed by atoms with E-state index in [9.17, 15) is 24.6 Å². The molecule has 1 amide bonds. The van der Waals surface area contributed by atoms with Gasteiger partial charge in [0, 0.05) is 23.7 Å². The van der Waals surface area contributed by atoms with E-state index in [1.807, 2.05) is 0 Å². The number of ketones is 1. The topological polar surface area (TPSA) is 143 Å². The summed E-state index contributed by atoms with van der Waals surface area (Å²) in [5.74, 6) is -0.679. The third-order valence-corrected chi connectivity index (χ3v) is 7.10. The van der Waals surface area contributed by atoms with Crippen LogP contribution in [0.4, 0.5) is 0 Å². The van der Waals surface area contributed by atoms with E-state index in [4.69, 9.17) is 14.2 Å². The van der Waals surface area contributed by atoms with Crippen LogP contribution in [0, 0.1) is 13.8 Å². The number of phenolic OH excluding ortho intramolecular Hbond substituents is 2. The van der Waals surface area contributed by atoms with E-state index in [1.54, 1.807) is 26.0 Å². The maximum atomic E-state index is 13.0. The molecule has 0 radical (unpaired) electrons. The lowest BCUT2D eigenvalue weighted by atomic mass is 10.0. The maximum Gasteiger partial charge on any atom is 0.338 e. The number of hydrogen-bond acceptors (Lipinski definition) is 9. The molecule has 0 aromatic heterocycles. The van der Waals surface area contributed by atoms with Gasteiger partial charge in [0.05, 0.1) is 17.2 Å². The number of nitrogens with one attached hydrogen (secondary N) is 2. The van der Waals surface area contributed by atoms with Gasteiger partial charge in [-0.1, -0.05) is 12.1 Å². The lowest BCUT2D eigenvalue weighted by Gasteiger charge is -2.26. The molecule has 3 aromatic rings. The number of hydrogen-bond donors (Lipinski definition) is 4. The van der Waals surface area contributed by atoms with Crippen LogP contribution in [0.5, 0.6) is 23.0 Å². The van der Waals surface area contributed by atoms with Crippen molar-refractivity contribution in [2.24, 2.45) is 0 Å². The SMILES string of the molecule is Cc1cc(C(=O)N[C@@H]2CNCCC[C@H]2OC(=O)c2ccc(C(=O)c3cc4c(cc3O)OCO4)cc2)cc(C)c1O.Cl. The van der Waals surface area contributed by atoms with Crippen molar-refractivity contribution < 1.29 is 38.8 Å². The molecule has 2 atom stereocenters. The molecule has 0 spiro atoms. The van der Waals surface area contributed by atoms with Crippen molar-refractivity contribution in [2.45, 2.75) is 38.8 Å². The number of rotatable bonds is 6. The number of esters is 1. The molecule has 2 aliphatic heterocycles. The number of amides is 1. The summed E-state index contributed by atoms with van der Waals surface area (Å²) in [4.78, 5) is 39.1. The Morgan fingerprint density at radius 2 is 1.56 bits per heavy atom. The minimum Gasteiger partial charge on any atom is -0.507 e. The van der Waals surface area contributed by atoms with Crippen molar-refractivity contribution in [3.8, 4) is 23.0 Å². The first kappa shape index (κ1) is 29.7. The van der Waals surface area contributed by atoms with Crippen molar-refractivity contribution in [2.75, 3.05) is 19.9 Å². The summed E-state index contributed by atoms with van der Waals surface area (Å²) in [6.45, 7) is 4.62. The van der Waals surface area contributed by atoms with Gasteiger partial charge in [-0.15, -0.1) is 12.4 Å². The fourth-order valence-electron chi connectivity index (χ4n) is 4.87. The summed E-state index contributed by atoms with van der Waals surface area (Å²) in [6, 6.07) is 11.5. The Morgan fingerprint density at radius 1 is 0.927 bits per heavy atom. The zero-order valence-corrected chi connectivity index (χ0v) is 23.4. The summed E-state index contributed by atoms with van der Waals surface area (Å²) in [5.41, 5.74) is 2.19. The van der Waals surface area contributed by atoms with Gasteiger partial charge in [-0.2, -0.15) is 0 Å². The smallest absolute Gasteiger partial charge is 0.338 e. The van der Waals surface area contributed by atoms with Crippen LogP contribution < -0.4 is 20.1 Å². The van der Waals surface area contributed by atoms with E-state index in [0.717, 1.165) is 13.0 Å². The summed E-state index contributed by atoms with van der Waals surface area (Å²) in [5, 5.41) is 26.5. The van der Waals surface area contributed by atoms with Gasteiger partial charge in [0.15, 0.2) is 17.3 Å². The molecule has 0 bridgehead atoms. The summed E-state index contributed by atoms with van der Waals surface area (Å²) in [6.07, 6.45) is 0.739. The highest BCUT2D eigenvalue weighted by Crippen LogP contribution is 2.38. The summed E-state index contributed by atoms with van der Waals surface area (Å²) in [7, 11) is 0. The number of phenols is 2. The lowest BCUT2D eigenvalue weighted by Crippen LogP contribution is -2.49. The van der Waals surface area contributed by atoms with Crippen molar-refractivity contribution in [1.29, 1.82) is 0 Å². The fourth-order valence-corrected chi connectivity index (χ4v) is 4.87. The minimum absolute atomic E-state index is 0. The molecule has 216 valence electrons. The Morgan fingerprint density at radius 3 is 2.24 bits per heavy atom. The van der Waals surface area contributed by atoms with Gasteiger partial charge in [0.1, 0.15) is 17.6 Å².